The molecule has 0 fully saturated rings. The highest BCUT2D eigenvalue weighted by molar-refractivity contribution is 6.30. The van der Waals surface area contributed by atoms with Gasteiger partial charge in [0.05, 0.1) is 13.2 Å². The van der Waals surface area contributed by atoms with Crippen LogP contribution in [0.15, 0.2) is 24.3 Å². The van der Waals surface area contributed by atoms with Gasteiger partial charge in [0.25, 0.3) is 0 Å². The molecular weight excluding hydrogens is 220 g/mol. The van der Waals surface area contributed by atoms with Crippen LogP contribution in [0.4, 0.5) is 0 Å². The van der Waals surface area contributed by atoms with Gasteiger partial charge >= 0.3 is 5.97 Å². The highest BCUT2D eigenvalue weighted by Crippen LogP contribution is 2.19. The van der Waals surface area contributed by atoms with Crippen LogP contribution in [0, 0.1) is 0 Å². The van der Waals surface area contributed by atoms with Gasteiger partial charge in [0.15, 0.2) is 6.10 Å². The first-order chi connectivity index (χ1) is 7.15. The molecule has 4 nitrogen and oxygen atoms in total. The fraction of sp³-hybridized carbons (Fsp3) is 0.300. The van der Waals surface area contributed by atoms with Gasteiger partial charge in [-0.1, -0.05) is 23.7 Å². The Hall–Kier alpha value is -1.10. The summed E-state index contributed by atoms with van der Waals surface area (Å²) in [6, 6.07) is 6.35. The summed E-state index contributed by atoms with van der Waals surface area (Å²) in [5.41, 5.74) is 0.500. The predicted octanol–water partition coefficient (Wildman–Crippen LogP) is 1.47. The lowest BCUT2D eigenvalue weighted by atomic mass is 10.1. The number of rotatable bonds is 5. The maximum atomic E-state index is 10.9. The molecule has 2 N–H and O–H groups in total. The normalized spacial score (nSPS) is 12.4. The highest BCUT2D eigenvalue weighted by Gasteiger charge is 2.19. The van der Waals surface area contributed by atoms with E-state index in [-0.39, 0.29) is 13.2 Å². The zero-order valence-electron chi connectivity index (χ0n) is 7.89. The van der Waals surface area contributed by atoms with E-state index in [0.717, 1.165) is 0 Å². The monoisotopic (exact) mass is 230 g/mol. The molecule has 0 radical (unpaired) electrons. The summed E-state index contributed by atoms with van der Waals surface area (Å²) >= 11 is 5.67. The van der Waals surface area contributed by atoms with Crippen LogP contribution >= 0.6 is 11.6 Å². The van der Waals surface area contributed by atoms with E-state index in [4.69, 9.17) is 26.6 Å². The first-order valence-electron chi connectivity index (χ1n) is 4.36. The lowest BCUT2D eigenvalue weighted by Gasteiger charge is -2.12. The molecule has 0 aliphatic rings. The number of carbonyl (C=O) groups is 1. The van der Waals surface area contributed by atoms with E-state index in [9.17, 15) is 4.79 Å². The number of halogens is 1. The van der Waals surface area contributed by atoms with E-state index in [1.807, 2.05) is 0 Å². The summed E-state index contributed by atoms with van der Waals surface area (Å²) in [6.45, 7) is -0.225. The summed E-state index contributed by atoms with van der Waals surface area (Å²) in [5, 5.41) is 18.0. The van der Waals surface area contributed by atoms with Crippen LogP contribution in [0.2, 0.25) is 5.02 Å². The molecule has 0 heterocycles. The van der Waals surface area contributed by atoms with Gasteiger partial charge in [0.2, 0.25) is 0 Å². The first kappa shape index (κ1) is 12.0. The minimum atomic E-state index is -1.09. The maximum Gasteiger partial charge on any atom is 0.337 e. The number of carboxylic acid groups (broad SMARTS) is 1. The van der Waals surface area contributed by atoms with E-state index in [1.165, 1.54) is 0 Å². The van der Waals surface area contributed by atoms with Crippen molar-refractivity contribution in [2.24, 2.45) is 0 Å². The van der Waals surface area contributed by atoms with Gasteiger partial charge in [-0.15, -0.1) is 0 Å². The van der Waals surface area contributed by atoms with Gasteiger partial charge < -0.3 is 14.9 Å². The molecule has 5 heteroatoms. The van der Waals surface area contributed by atoms with Crippen LogP contribution in [-0.2, 0) is 9.53 Å². The standard InChI is InChI=1S/C10H11ClO4/c11-8-3-1-7(2-4-8)9(10(13)14)15-6-5-12/h1-4,9,12H,5-6H2,(H,13,14). The Bertz CT molecular complexity index is 323. The van der Waals surface area contributed by atoms with Crippen molar-refractivity contribution in [3.8, 4) is 0 Å². The van der Waals surface area contributed by atoms with Crippen molar-refractivity contribution < 1.29 is 19.7 Å². The fourth-order valence-electron chi connectivity index (χ4n) is 1.12. The molecular formula is C10H11ClO4. The topological polar surface area (TPSA) is 66.8 Å². The quantitative estimate of drug-likeness (QED) is 0.804. The molecule has 0 aliphatic heterocycles. The number of aliphatic hydroxyl groups is 1. The summed E-state index contributed by atoms with van der Waals surface area (Å²) in [5.74, 6) is -1.09. The number of aliphatic hydroxyl groups excluding tert-OH is 1. The number of hydrogen-bond acceptors (Lipinski definition) is 3. The Labute approximate surface area is 92.1 Å². The molecule has 15 heavy (non-hydrogen) atoms. The Morgan fingerprint density at radius 3 is 2.47 bits per heavy atom. The predicted molar refractivity (Wildman–Crippen MR) is 54.9 cm³/mol. The minimum absolute atomic E-state index is 0.0143. The molecule has 0 aliphatic carbocycles. The van der Waals surface area contributed by atoms with Crippen molar-refractivity contribution in [2.75, 3.05) is 13.2 Å². The van der Waals surface area contributed by atoms with Crippen LogP contribution in [0.3, 0.4) is 0 Å². The van der Waals surface area contributed by atoms with Gasteiger partial charge in [-0.05, 0) is 17.7 Å². The van der Waals surface area contributed by atoms with Crippen molar-refractivity contribution in [3.63, 3.8) is 0 Å². The molecule has 0 amide bonds. The number of ether oxygens (including phenoxy) is 1. The van der Waals surface area contributed by atoms with Crippen molar-refractivity contribution in [1.29, 1.82) is 0 Å². The molecule has 1 unspecified atom stereocenters. The molecule has 0 saturated heterocycles. The number of carboxylic acids is 1. The van der Waals surface area contributed by atoms with Crippen molar-refractivity contribution >= 4 is 17.6 Å². The van der Waals surface area contributed by atoms with Crippen LogP contribution in [0.25, 0.3) is 0 Å². The molecule has 1 atom stereocenters. The smallest absolute Gasteiger partial charge is 0.337 e. The van der Waals surface area contributed by atoms with Crippen LogP contribution in [0.1, 0.15) is 11.7 Å². The van der Waals surface area contributed by atoms with Gasteiger partial charge in [-0.25, -0.2) is 4.79 Å². The van der Waals surface area contributed by atoms with E-state index in [0.29, 0.717) is 10.6 Å². The SMILES string of the molecule is O=C(O)C(OCCO)c1ccc(Cl)cc1. The van der Waals surface area contributed by atoms with Crippen molar-refractivity contribution in [3.05, 3.63) is 34.9 Å². The zero-order valence-corrected chi connectivity index (χ0v) is 8.65. The lowest BCUT2D eigenvalue weighted by molar-refractivity contribution is -0.151. The molecule has 1 aromatic rings. The molecule has 1 rings (SSSR count). The van der Waals surface area contributed by atoms with Gasteiger partial charge in [0.1, 0.15) is 0 Å². The van der Waals surface area contributed by atoms with Crippen molar-refractivity contribution in [1.82, 2.24) is 0 Å². The van der Waals surface area contributed by atoms with Gasteiger partial charge in [-0.2, -0.15) is 0 Å². The molecule has 0 spiro atoms. The molecule has 1 aromatic carbocycles. The molecule has 82 valence electrons. The van der Waals surface area contributed by atoms with Crippen LogP contribution in [-0.4, -0.2) is 29.4 Å². The van der Waals surface area contributed by atoms with Crippen molar-refractivity contribution in [2.45, 2.75) is 6.10 Å². The molecule has 0 aromatic heterocycles. The maximum absolute atomic E-state index is 10.9. The Morgan fingerprint density at radius 1 is 1.40 bits per heavy atom. The third kappa shape index (κ3) is 3.51. The number of benzene rings is 1. The second-order valence-electron chi connectivity index (χ2n) is 2.86. The third-order valence-electron chi connectivity index (χ3n) is 1.77. The number of hydrogen-bond donors (Lipinski definition) is 2. The van der Waals surface area contributed by atoms with E-state index < -0.39 is 12.1 Å². The second kappa shape index (κ2) is 5.70. The Morgan fingerprint density at radius 2 is 2.00 bits per heavy atom. The van der Waals surface area contributed by atoms with E-state index in [1.54, 1.807) is 24.3 Å². The van der Waals surface area contributed by atoms with Gasteiger partial charge in [-0.3, -0.25) is 0 Å². The van der Waals surface area contributed by atoms with E-state index in [2.05, 4.69) is 0 Å². The Balaban J connectivity index is 2.79. The summed E-state index contributed by atoms with van der Waals surface area (Å²) in [4.78, 5) is 10.9. The molecule has 0 saturated carbocycles. The van der Waals surface area contributed by atoms with Crippen LogP contribution in [0.5, 0.6) is 0 Å². The largest absolute Gasteiger partial charge is 0.479 e. The highest BCUT2D eigenvalue weighted by atomic mass is 35.5. The molecule has 0 bridgehead atoms. The van der Waals surface area contributed by atoms with Gasteiger partial charge in [0, 0.05) is 5.02 Å². The second-order valence-corrected chi connectivity index (χ2v) is 3.30. The zero-order chi connectivity index (χ0) is 11.3. The summed E-state index contributed by atoms with van der Waals surface area (Å²) < 4.78 is 4.99. The number of aliphatic carboxylic acids is 1. The average Bonchev–Trinajstić information content (AvgIpc) is 2.21. The fourth-order valence-corrected chi connectivity index (χ4v) is 1.24. The third-order valence-corrected chi connectivity index (χ3v) is 2.02. The summed E-state index contributed by atoms with van der Waals surface area (Å²) in [6.07, 6.45) is -1.06. The lowest BCUT2D eigenvalue weighted by Crippen LogP contribution is -2.17. The summed E-state index contributed by atoms with van der Waals surface area (Å²) in [7, 11) is 0. The van der Waals surface area contributed by atoms with Crippen LogP contribution < -0.4 is 0 Å². The average molecular weight is 231 g/mol. The van der Waals surface area contributed by atoms with E-state index >= 15 is 0 Å². The minimum Gasteiger partial charge on any atom is -0.479 e. The Kier molecular flexibility index (Phi) is 4.55. The first-order valence-corrected chi connectivity index (χ1v) is 4.73.